The van der Waals surface area contributed by atoms with E-state index >= 15 is 0 Å². The molecule has 1 atom stereocenters. The third kappa shape index (κ3) is 4.54. The van der Waals surface area contributed by atoms with Crippen LogP contribution >= 0.6 is 0 Å². The van der Waals surface area contributed by atoms with Crippen molar-refractivity contribution in [3.8, 4) is 5.75 Å². The molecule has 0 spiro atoms. The van der Waals surface area contributed by atoms with Crippen molar-refractivity contribution in [1.29, 1.82) is 0 Å². The van der Waals surface area contributed by atoms with Gasteiger partial charge < -0.3 is 14.6 Å². The van der Waals surface area contributed by atoms with E-state index in [0.29, 0.717) is 6.54 Å². The zero-order valence-electron chi connectivity index (χ0n) is 11.8. The number of rotatable bonds is 6. The van der Waals surface area contributed by atoms with Crippen molar-refractivity contribution in [2.75, 3.05) is 27.8 Å². The highest BCUT2D eigenvalue weighted by Crippen LogP contribution is 2.14. The number of nitrogens with zero attached hydrogens (tertiary/aromatic N) is 1. The molecule has 0 fully saturated rings. The minimum atomic E-state index is -1.50. The van der Waals surface area contributed by atoms with Crippen LogP contribution in [-0.2, 0) is 16.1 Å². The molecule has 5 heteroatoms. The first-order valence-electron chi connectivity index (χ1n) is 6.01. The first-order chi connectivity index (χ1) is 8.89. The Kier molecular flexibility index (Phi) is 5.32. The average Bonchev–Trinajstić information content (AvgIpc) is 2.37. The number of likely N-dealkylation sites (N-methyl/N-ethyl adjacent to an activating group) is 1. The van der Waals surface area contributed by atoms with E-state index in [2.05, 4.69) is 4.74 Å². The molecule has 1 aromatic carbocycles. The van der Waals surface area contributed by atoms with Crippen LogP contribution in [0, 0.1) is 0 Å². The highest BCUT2D eigenvalue weighted by Gasteiger charge is 2.32. The predicted molar refractivity (Wildman–Crippen MR) is 72.0 cm³/mol. The lowest BCUT2D eigenvalue weighted by atomic mass is 10.1. The zero-order valence-corrected chi connectivity index (χ0v) is 11.8. The summed E-state index contributed by atoms with van der Waals surface area (Å²) in [6.07, 6.45) is 0. The van der Waals surface area contributed by atoms with Crippen molar-refractivity contribution in [3.05, 3.63) is 29.8 Å². The molecule has 0 saturated carbocycles. The van der Waals surface area contributed by atoms with Gasteiger partial charge >= 0.3 is 5.97 Å². The predicted octanol–water partition coefficient (Wildman–Crippen LogP) is 1.05. The van der Waals surface area contributed by atoms with Gasteiger partial charge in [-0.2, -0.15) is 0 Å². The standard InChI is InChI=1S/C14H21NO4/c1-14(17,13(16)19-4)10-15(2)9-11-5-7-12(18-3)8-6-11/h5-8,17H,9-10H2,1-4H3. The van der Waals surface area contributed by atoms with Crippen molar-refractivity contribution in [3.63, 3.8) is 0 Å². The minimum Gasteiger partial charge on any atom is -0.497 e. The summed E-state index contributed by atoms with van der Waals surface area (Å²) in [5.41, 5.74) is -0.431. The molecule has 0 saturated heterocycles. The van der Waals surface area contributed by atoms with E-state index in [1.54, 1.807) is 7.11 Å². The maximum Gasteiger partial charge on any atom is 0.338 e. The topological polar surface area (TPSA) is 59.0 Å². The second-order valence-corrected chi connectivity index (χ2v) is 4.79. The van der Waals surface area contributed by atoms with Crippen LogP contribution in [-0.4, -0.2) is 49.4 Å². The molecule has 0 aliphatic carbocycles. The van der Waals surface area contributed by atoms with Gasteiger partial charge in [0.2, 0.25) is 0 Å². The number of esters is 1. The van der Waals surface area contributed by atoms with Crippen molar-refractivity contribution in [1.82, 2.24) is 4.90 Å². The SMILES string of the molecule is COC(=O)C(C)(O)CN(C)Cc1ccc(OC)cc1. The summed E-state index contributed by atoms with van der Waals surface area (Å²) in [7, 11) is 4.72. The Balaban J connectivity index is 2.59. The molecular weight excluding hydrogens is 246 g/mol. The van der Waals surface area contributed by atoms with Gasteiger partial charge in [-0.15, -0.1) is 0 Å². The monoisotopic (exact) mass is 267 g/mol. The lowest BCUT2D eigenvalue weighted by molar-refractivity contribution is -0.162. The summed E-state index contributed by atoms with van der Waals surface area (Å²) < 4.78 is 9.65. The third-order valence-electron chi connectivity index (χ3n) is 2.81. The maximum atomic E-state index is 11.4. The van der Waals surface area contributed by atoms with E-state index in [4.69, 9.17) is 4.74 Å². The summed E-state index contributed by atoms with van der Waals surface area (Å²) in [6, 6.07) is 7.65. The number of hydrogen-bond acceptors (Lipinski definition) is 5. The van der Waals surface area contributed by atoms with Crippen molar-refractivity contribution in [2.24, 2.45) is 0 Å². The fourth-order valence-corrected chi connectivity index (χ4v) is 1.91. The molecule has 1 unspecified atom stereocenters. The number of hydrogen-bond donors (Lipinski definition) is 1. The van der Waals surface area contributed by atoms with Crippen LogP contribution in [0.1, 0.15) is 12.5 Å². The van der Waals surface area contributed by atoms with Gasteiger partial charge in [-0.05, 0) is 31.7 Å². The Morgan fingerprint density at radius 1 is 1.32 bits per heavy atom. The molecule has 0 radical (unpaired) electrons. The summed E-state index contributed by atoms with van der Waals surface area (Å²) in [4.78, 5) is 13.2. The van der Waals surface area contributed by atoms with Crippen molar-refractivity contribution >= 4 is 5.97 Å². The van der Waals surface area contributed by atoms with E-state index in [9.17, 15) is 9.90 Å². The van der Waals surface area contributed by atoms with Crippen LogP contribution in [0.5, 0.6) is 5.75 Å². The van der Waals surface area contributed by atoms with Gasteiger partial charge in [-0.1, -0.05) is 12.1 Å². The Morgan fingerprint density at radius 3 is 2.37 bits per heavy atom. The minimum absolute atomic E-state index is 0.200. The van der Waals surface area contributed by atoms with Crippen molar-refractivity contribution < 1.29 is 19.4 Å². The first-order valence-corrected chi connectivity index (χ1v) is 6.01. The molecule has 0 bridgehead atoms. The van der Waals surface area contributed by atoms with Gasteiger partial charge in [0.25, 0.3) is 0 Å². The van der Waals surface area contributed by atoms with Crippen LogP contribution in [0.4, 0.5) is 0 Å². The lowest BCUT2D eigenvalue weighted by Crippen LogP contribution is -2.46. The van der Waals surface area contributed by atoms with Gasteiger partial charge in [-0.3, -0.25) is 4.90 Å². The van der Waals surface area contributed by atoms with Crippen molar-refractivity contribution in [2.45, 2.75) is 19.1 Å². The second-order valence-electron chi connectivity index (χ2n) is 4.79. The van der Waals surface area contributed by atoms with Crippen LogP contribution in [0.3, 0.4) is 0 Å². The molecule has 0 heterocycles. The molecule has 0 amide bonds. The van der Waals surface area contributed by atoms with Crippen LogP contribution in [0.2, 0.25) is 0 Å². The van der Waals surface area contributed by atoms with Crippen LogP contribution in [0.25, 0.3) is 0 Å². The Morgan fingerprint density at radius 2 is 1.89 bits per heavy atom. The molecule has 1 rings (SSSR count). The Bertz CT molecular complexity index is 414. The summed E-state index contributed by atoms with van der Waals surface area (Å²) in [6.45, 7) is 2.27. The number of methoxy groups -OCH3 is 2. The van der Waals surface area contributed by atoms with Crippen LogP contribution in [0.15, 0.2) is 24.3 Å². The molecule has 0 aromatic heterocycles. The van der Waals surface area contributed by atoms with E-state index < -0.39 is 11.6 Å². The third-order valence-corrected chi connectivity index (χ3v) is 2.81. The van der Waals surface area contributed by atoms with E-state index in [0.717, 1.165) is 11.3 Å². The summed E-state index contributed by atoms with van der Waals surface area (Å²) in [5.74, 6) is 0.169. The van der Waals surface area contributed by atoms with E-state index in [1.165, 1.54) is 14.0 Å². The largest absolute Gasteiger partial charge is 0.497 e. The molecular formula is C14H21NO4. The normalized spacial score (nSPS) is 14.0. The number of benzene rings is 1. The van der Waals surface area contributed by atoms with Gasteiger partial charge in [0.15, 0.2) is 5.60 Å². The highest BCUT2D eigenvalue weighted by atomic mass is 16.5. The van der Waals surface area contributed by atoms with Crippen LogP contribution < -0.4 is 4.74 Å². The number of carbonyl (C=O) groups is 1. The molecule has 106 valence electrons. The second kappa shape index (κ2) is 6.54. The Hall–Kier alpha value is -1.59. The fourth-order valence-electron chi connectivity index (χ4n) is 1.91. The molecule has 0 aliphatic rings. The lowest BCUT2D eigenvalue weighted by Gasteiger charge is -2.26. The smallest absolute Gasteiger partial charge is 0.338 e. The molecule has 19 heavy (non-hydrogen) atoms. The zero-order chi connectivity index (χ0) is 14.5. The number of ether oxygens (including phenoxy) is 2. The molecule has 0 aliphatic heterocycles. The number of carbonyl (C=O) groups excluding carboxylic acids is 1. The van der Waals surface area contributed by atoms with Gasteiger partial charge in [0.1, 0.15) is 5.75 Å². The fraction of sp³-hybridized carbons (Fsp3) is 0.500. The van der Waals surface area contributed by atoms with E-state index in [-0.39, 0.29) is 6.54 Å². The molecule has 5 nitrogen and oxygen atoms in total. The van der Waals surface area contributed by atoms with Gasteiger partial charge in [0.05, 0.1) is 14.2 Å². The van der Waals surface area contributed by atoms with Gasteiger partial charge in [0, 0.05) is 13.1 Å². The quantitative estimate of drug-likeness (QED) is 0.781. The molecule has 1 aromatic rings. The summed E-state index contributed by atoms with van der Waals surface area (Å²) >= 11 is 0. The van der Waals surface area contributed by atoms with Gasteiger partial charge in [-0.25, -0.2) is 4.79 Å². The average molecular weight is 267 g/mol. The number of aliphatic hydroxyl groups is 1. The van der Waals surface area contributed by atoms with E-state index in [1.807, 2.05) is 36.2 Å². The highest BCUT2D eigenvalue weighted by molar-refractivity contribution is 5.78. The summed E-state index contributed by atoms with van der Waals surface area (Å²) in [5, 5.41) is 9.98. The maximum absolute atomic E-state index is 11.4. The molecule has 1 N–H and O–H groups in total. The Labute approximate surface area is 113 Å². The first kappa shape index (κ1) is 15.5.